The molecule has 1 aliphatic rings. The number of hydrogen-bond donors (Lipinski definition) is 3. The second kappa shape index (κ2) is 10.3. The van der Waals surface area contributed by atoms with Gasteiger partial charge in [-0.1, -0.05) is 54.6 Å². The molecule has 1 aliphatic heterocycles. The lowest BCUT2D eigenvalue weighted by atomic mass is 9.83. The maximum absolute atomic E-state index is 13.0. The molecule has 7 nitrogen and oxygen atoms in total. The van der Waals surface area contributed by atoms with Gasteiger partial charge in [-0.05, 0) is 54.5 Å². The normalized spacial score (nSPS) is 19.1. The van der Waals surface area contributed by atoms with Crippen molar-refractivity contribution in [1.82, 2.24) is 20.2 Å². The average molecular weight is 482 g/mol. The first kappa shape index (κ1) is 23.8. The molecule has 0 spiro atoms. The molecule has 0 radical (unpaired) electrons. The average Bonchev–Trinajstić information content (AvgIpc) is 3.34. The summed E-state index contributed by atoms with van der Waals surface area (Å²) >= 11 is 0. The number of piperidine rings is 1. The number of nitrogens with zero attached hydrogens (tertiary/aromatic N) is 2. The van der Waals surface area contributed by atoms with Crippen LogP contribution in [0.25, 0.3) is 22.0 Å². The van der Waals surface area contributed by atoms with Crippen molar-refractivity contribution in [1.29, 1.82) is 0 Å². The number of carbonyl (C=O) groups is 2. The fraction of sp³-hybridized carbons (Fsp3) is 0.276. The highest BCUT2D eigenvalue weighted by Gasteiger charge is 2.37. The summed E-state index contributed by atoms with van der Waals surface area (Å²) in [5, 5.41) is 4.00. The lowest BCUT2D eigenvalue weighted by molar-refractivity contribution is -0.132. The Morgan fingerprint density at radius 2 is 1.86 bits per heavy atom. The number of hydrogen-bond acceptors (Lipinski definition) is 4. The Labute approximate surface area is 210 Å². The van der Waals surface area contributed by atoms with E-state index >= 15 is 0 Å². The van der Waals surface area contributed by atoms with Crippen LogP contribution in [0, 0.1) is 0 Å². The van der Waals surface area contributed by atoms with Gasteiger partial charge in [0.05, 0.1) is 18.6 Å². The molecule has 4 aromatic rings. The molecule has 1 saturated heterocycles. The van der Waals surface area contributed by atoms with Gasteiger partial charge < -0.3 is 16.0 Å². The zero-order valence-electron chi connectivity index (χ0n) is 20.4. The van der Waals surface area contributed by atoms with Gasteiger partial charge in [0.25, 0.3) is 0 Å². The maximum Gasteiger partial charge on any atom is 0.237 e. The number of H-pyrrole nitrogens is 1. The van der Waals surface area contributed by atoms with E-state index < -0.39 is 12.1 Å². The minimum absolute atomic E-state index is 0.122. The molecule has 2 aromatic carbocycles. The van der Waals surface area contributed by atoms with Crippen LogP contribution in [-0.4, -0.2) is 45.3 Å². The second-order valence-corrected chi connectivity index (χ2v) is 9.52. The fourth-order valence-corrected chi connectivity index (χ4v) is 5.22. The van der Waals surface area contributed by atoms with E-state index in [0.717, 1.165) is 23.0 Å². The second-order valence-electron chi connectivity index (χ2n) is 9.52. The number of rotatable bonds is 7. The predicted octanol–water partition coefficient (Wildman–Crippen LogP) is 3.97. The molecular weight excluding hydrogens is 450 g/mol. The molecule has 7 heteroatoms. The van der Waals surface area contributed by atoms with Gasteiger partial charge in [0.1, 0.15) is 0 Å². The third-order valence-corrected chi connectivity index (χ3v) is 7.27. The number of primary amides is 1. The van der Waals surface area contributed by atoms with Gasteiger partial charge in [0.2, 0.25) is 11.8 Å². The molecule has 36 heavy (non-hydrogen) atoms. The lowest BCUT2D eigenvalue weighted by Gasteiger charge is -2.40. The molecule has 2 unspecified atom stereocenters. The fourth-order valence-electron chi connectivity index (χ4n) is 5.22. The van der Waals surface area contributed by atoms with Crippen LogP contribution in [0.3, 0.4) is 0 Å². The summed E-state index contributed by atoms with van der Waals surface area (Å²) < 4.78 is 0. The number of benzene rings is 2. The Hall–Kier alpha value is -3.97. The number of nitrogens with one attached hydrogen (secondary N) is 2. The van der Waals surface area contributed by atoms with Crippen molar-refractivity contribution < 1.29 is 9.59 Å². The highest BCUT2D eigenvalue weighted by Crippen LogP contribution is 2.34. The standard InChI is InChI=1S/C29H31N5O2/c1-19(29(36)32-18-25-15-24-17-31-13-11-26(24)33-25)34-14-12-23(16-27(34)28(30)35)22-9-7-21(8-10-22)20-5-3-2-4-6-20/h2-11,13,15,17,19,23,27,33H,12,14,16,18H2,1H3,(H2,30,35)(H,32,36)/t19-,23?,27?/m0/s1. The zero-order chi connectivity index (χ0) is 25.1. The highest BCUT2D eigenvalue weighted by atomic mass is 16.2. The third kappa shape index (κ3) is 5.02. The number of likely N-dealkylation sites (tertiary alicyclic amines) is 1. The van der Waals surface area contributed by atoms with Crippen LogP contribution in [0.15, 0.2) is 79.1 Å². The number of aromatic nitrogens is 2. The highest BCUT2D eigenvalue weighted by molar-refractivity contribution is 5.85. The van der Waals surface area contributed by atoms with E-state index in [4.69, 9.17) is 5.73 Å². The minimum atomic E-state index is -0.488. The molecule has 5 rings (SSSR count). The van der Waals surface area contributed by atoms with Crippen molar-refractivity contribution in [3.05, 3.63) is 90.4 Å². The van der Waals surface area contributed by atoms with Gasteiger partial charge in [0.15, 0.2) is 0 Å². The summed E-state index contributed by atoms with van der Waals surface area (Å²) in [7, 11) is 0. The van der Waals surface area contributed by atoms with Crippen LogP contribution in [0.4, 0.5) is 0 Å². The van der Waals surface area contributed by atoms with Crippen LogP contribution in [0.1, 0.15) is 36.9 Å². The van der Waals surface area contributed by atoms with Gasteiger partial charge in [-0.15, -0.1) is 0 Å². The van der Waals surface area contributed by atoms with Gasteiger partial charge >= 0.3 is 0 Å². The smallest absolute Gasteiger partial charge is 0.237 e. The summed E-state index contributed by atoms with van der Waals surface area (Å²) in [6, 6.07) is 21.8. The largest absolute Gasteiger partial charge is 0.368 e. The van der Waals surface area contributed by atoms with Crippen molar-refractivity contribution in [3.8, 4) is 11.1 Å². The van der Waals surface area contributed by atoms with E-state index in [2.05, 4.69) is 51.7 Å². The molecule has 0 bridgehead atoms. The minimum Gasteiger partial charge on any atom is -0.368 e. The number of aromatic amines is 1. The third-order valence-electron chi connectivity index (χ3n) is 7.27. The first-order chi connectivity index (χ1) is 17.5. The van der Waals surface area contributed by atoms with Gasteiger partial charge in [0, 0.05) is 35.5 Å². The van der Waals surface area contributed by atoms with Crippen LogP contribution >= 0.6 is 0 Å². The Kier molecular flexibility index (Phi) is 6.82. The Morgan fingerprint density at radius 1 is 1.11 bits per heavy atom. The Balaban J connectivity index is 1.22. The van der Waals surface area contributed by atoms with Crippen molar-refractivity contribution in [3.63, 3.8) is 0 Å². The topological polar surface area (TPSA) is 104 Å². The van der Waals surface area contributed by atoms with Crippen molar-refractivity contribution in [2.24, 2.45) is 5.73 Å². The summed E-state index contributed by atoms with van der Waals surface area (Å²) in [5.41, 5.74) is 11.3. The molecule has 2 aromatic heterocycles. The summed E-state index contributed by atoms with van der Waals surface area (Å²) in [6.45, 7) is 2.85. The molecule has 0 saturated carbocycles. The maximum atomic E-state index is 13.0. The van der Waals surface area contributed by atoms with Crippen LogP contribution in [0.5, 0.6) is 0 Å². The number of pyridine rings is 1. The predicted molar refractivity (Wildman–Crippen MR) is 141 cm³/mol. The number of fused-ring (bicyclic) bond motifs is 1. The van der Waals surface area contributed by atoms with E-state index in [-0.39, 0.29) is 17.7 Å². The Bertz CT molecular complexity index is 1320. The molecule has 3 heterocycles. The van der Waals surface area contributed by atoms with E-state index in [1.54, 1.807) is 12.4 Å². The molecule has 184 valence electrons. The van der Waals surface area contributed by atoms with Gasteiger partial charge in [-0.25, -0.2) is 0 Å². The molecule has 1 fully saturated rings. The van der Waals surface area contributed by atoms with E-state index in [1.807, 2.05) is 42.2 Å². The van der Waals surface area contributed by atoms with Crippen molar-refractivity contribution in [2.45, 2.75) is 44.3 Å². The number of amides is 2. The number of carbonyl (C=O) groups excluding carboxylic acids is 2. The summed E-state index contributed by atoms with van der Waals surface area (Å²) in [4.78, 5) is 34.8. The lowest BCUT2D eigenvalue weighted by Crippen LogP contribution is -2.56. The molecular formula is C29H31N5O2. The summed E-state index contributed by atoms with van der Waals surface area (Å²) in [6.07, 6.45) is 4.98. The zero-order valence-corrected chi connectivity index (χ0v) is 20.4. The molecule has 3 atom stereocenters. The molecule has 4 N–H and O–H groups in total. The van der Waals surface area contributed by atoms with Crippen LogP contribution < -0.4 is 11.1 Å². The molecule has 2 amide bonds. The van der Waals surface area contributed by atoms with Crippen LogP contribution in [0.2, 0.25) is 0 Å². The van der Waals surface area contributed by atoms with Crippen LogP contribution in [-0.2, 0) is 16.1 Å². The van der Waals surface area contributed by atoms with E-state index in [9.17, 15) is 9.59 Å². The number of nitrogens with two attached hydrogens (primary N) is 1. The quantitative estimate of drug-likeness (QED) is 0.372. The van der Waals surface area contributed by atoms with Crippen molar-refractivity contribution >= 4 is 22.7 Å². The first-order valence-corrected chi connectivity index (χ1v) is 12.4. The molecule has 0 aliphatic carbocycles. The SMILES string of the molecule is C[C@@H](C(=O)NCc1cc2cnccc2[nH]1)N1CCC(c2ccc(-c3ccccc3)cc2)CC1C(N)=O. The van der Waals surface area contributed by atoms with E-state index in [1.165, 1.54) is 16.7 Å². The first-order valence-electron chi connectivity index (χ1n) is 12.4. The van der Waals surface area contributed by atoms with Gasteiger partial charge in [-0.3, -0.25) is 19.5 Å². The monoisotopic (exact) mass is 481 g/mol. The Morgan fingerprint density at radius 3 is 2.58 bits per heavy atom. The summed E-state index contributed by atoms with van der Waals surface area (Å²) in [5.74, 6) is -0.286. The van der Waals surface area contributed by atoms with Gasteiger partial charge in [-0.2, -0.15) is 0 Å². The van der Waals surface area contributed by atoms with E-state index in [0.29, 0.717) is 19.5 Å². The van der Waals surface area contributed by atoms with Crippen molar-refractivity contribution in [2.75, 3.05) is 6.54 Å².